The summed E-state index contributed by atoms with van der Waals surface area (Å²) < 4.78 is 39.1. The minimum atomic E-state index is -3.53. The Morgan fingerprint density at radius 1 is 1.18 bits per heavy atom. The van der Waals surface area contributed by atoms with Gasteiger partial charge in [-0.3, -0.25) is 4.79 Å². The number of carbonyl (C=O) groups excluding carboxylic acids is 1. The van der Waals surface area contributed by atoms with Crippen LogP contribution in [0.2, 0.25) is 0 Å². The van der Waals surface area contributed by atoms with Gasteiger partial charge in [-0.05, 0) is 75.4 Å². The number of sulfonamides is 1. The number of hydrogen-bond donors (Lipinski definition) is 1. The van der Waals surface area contributed by atoms with Gasteiger partial charge in [0.05, 0.1) is 18.0 Å². The molecule has 7 nitrogen and oxygen atoms in total. The van der Waals surface area contributed by atoms with Crippen molar-refractivity contribution in [2.75, 3.05) is 20.2 Å². The Morgan fingerprint density at radius 3 is 2.62 bits per heavy atom. The summed E-state index contributed by atoms with van der Waals surface area (Å²) in [5, 5.41) is 3.16. The maximum absolute atomic E-state index is 13.0. The summed E-state index contributed by atoms with van der Waals surface area (Å²) in [6.07, 6.45) is 3.04. The first-order valence-electron chi connectivity index (χ1n) is 11.8. The van der Waals surface area contributed by atoms with E-state index in [1.165, 1.54) is 4.31 Å². The normalized spacial score (nSPS) is 19.8. The fourth-order valence-electron chi connectivity index (χ4n) is 4.79. The van der Waals surface area contributed by atoms with Gasteiger partial charge in [-0.1, -0.05) is 12.1 Å². The maximum Gasteiger partial charge on any atom is 0.243 e. The molecular formula is C26H34N2O5S. The topological polar surface area (TPSA) is 84.9 Å². The van der Waals surface area contributed by atoms with Crippen molar-refractivity contribution in [2.24, 2.45) is 0 Å². The molecule has 184 valence electrons. The van der Waals surface area contributed by atoms with Crippen LogP contribution in [0.15, 0.2) is 41.3 Å². The molecule has 0 bridgehead atoms. The van der Waals surface area contributed by atoms with Crippen LogP contribution in [0.25, 0.3) is 0 Å². The first-order chi connectivity index (χ1) is 16.1. The Bertz CT molecular complexity index is 1170. The van der Waals surface area contributed by atoms with Crippen LogP contribution in [-0.2, 0) is 21.2 Å². The smallest absolute Gasteiger partial charge is 0.243 e. The fourth-order valence-corrected chi connectivity index (χ4v) is 6.36. The van der Waals surface area contributed by atoms with Crippen molar-refractivity contribution < 1.29 is 22.7 Å². The average molecular weight is 487 g/mol. The van der Waals surface area contributed by atoms with Gasteiger partial charge in [-0.2, -0.15) is 4.31 Å². The number of benzene rings is 2. The van der Waals surface area contributed by atoms with Gasteiger partial charge in [0.25, 0.3) is 0 Å². The summed E-state index contributed by atoms with van der Waals surface area (Å²) in [6.45, 7) is 7.16. The lowest BCUT2D eigenvalue weighted by molar-refractivity contribution is -0.122. The third-order valence-corrected chi connectivity index (χ3v) is 8.43. The van der Waals surface area contributed by atoms with Crippen LogP contribution in [0.1, 0.15) is 62.3 Å². The second kappa shape index (κ2) is 9.58. The van der Waals surface area contributed by atoms with Crippen LogP contribution in [0.5, 0.6) is 11.5 Å². The minimum absolute atomic E-state index is 0.0934. The number of nitrogens with one attached hydrogen (secondary N) is 1. The Labute approximate surface area is 202 Å². The third-order valence-electron chi connectivity index (χ3n) is 6.54. The lowest BCUT2D eigenvalue weighted by Crippen LogP contribution is -2.41. The van der Waals surface area contributed by atoms with Crippen molar-refractivity contribution in [3.05, 3.63) is 53.1 Å². The fraction of sp³-hybridized carbons (Fsp3) is 0.500. The van der Waals surface area contributed by atoms with Crippen LogP contribution >= 0.6 is 0 Å². The van der Waals surface area contributed by atoms with Crippen molar-refractivity contribution in [3.63, 3.8) is 0 Å². The highest BCUT2D eigenvalue weighted by atomic mass is 32.2. The van der Waals surface area contributed by atoms with E-state index in [0.717, 1.165) is 29.7 Å². The summed E-state index contributed by atoms with van der Waals surface area (Å²) in [6, 6.07) is 10.8. The third kappa shape index (κ3) is 5.23. The van der Waals surface area contributed by atoms with Gasteiger partial charge in [-0.15, -0.1) is 0 Å². The van der Waals surface area contributed by atoms with Gasteiger partial charge in [0.2, 0.25) is 15.9 Å². The Balaban J connectivity index is 1.48. The average Bonchev–Trinajstić information content (AvgIpc) is 3.32. The predicted octanol–water partition coefficient (Wildman–Crippen LogP) is 4.14. The number of methoxy groups -OCH3 is 1. The zero-order valence-corrected chi connectivity index (χ0v) is 21.2. The van der Waals surface area contributed by atoms with E-state index in [1.807, 2.05) is 39.0 Å². The molecule has 1 fully saturated rings. The van der Waals surface area contributed by atoms with Crippen LogP contribution in [-0.4, -0.2) is 44.4 Å². The molecule has 0 aromatic heterocycles. The van der Waals surface area contributed by atoms with Crippen LogP contribution in [0.4, 0.5) is 0 Å². The number of hydrogen-bond acceptors (Lipinski definition) is 5. The van der Waals surface area contributed by atoms with Crippen molar-refractivity contribution in [3.8, 4) is 11.5 Å². The van der Waals surface area contributed by atoms with E-state index in [2.05, 4.69) is 5.32 Å². The maximum atomic E-state index is 13.0. The zero-order valence-electron chi connectivity index (χ0n) is 20.4. The Hall–Kier alpha value is -2.58. The molecular weight excluding hydrogens is 452 g/mol. The highest BCUT2D eigenvalue weighted by Gasteiger charge is 2.34. The standard InChI is InChI=1S/C26H34N2O5S/c1-18-7-10-21-22(17-26(2,3)33-24(21)15-18)27-25(29)12-8-19-16-20(9-11-23(19)32-4)34(30,31)28-13-5-6-14-28/h7,9-11,15-16,22H,5-6,8,12-14,17H2,1-4H3,(H,27,29). The summed E-state index contributed by atoms with van der Waals surface area (Å²) >= 11 is 0. The van der Waals surface area contributed by atoms with Gasteiger partial charge in [0.1, 0.15) is 17.1 Å². The second-order valence-corrected chi connectivity index (χ2v) is 11.8. The highest BCUT2D eigenvalue weighted by molar-refractivity contribution is 7.89. The van der Waals surface area contributed by atoms with E-state index in [1.54, 1.807) is 25.3 Å². The molecule has 2 aliphatic rings. The number of ether oxygens (including phenoxy) is 2. The molecule has 2 aromatic carbocycles. The van der Waals surface area contributed by atoms with Gasteiger partial charge < -0.3 is 14.8 Å². The molecule has 2 aromatic rings. The summed E-state index contributed by atoms with van der Waals surface area (Å²) in [5.41, 5.74) is 2.41. The predicted molar refractivity (Wildman–Crippen MR) is 131 cm³/mol. The van der Waals surface area contributed by atoms with Gasteiger partial charge in [-0.25, -0.2) is 8.42 Å². The SMILES string of the molecule is COc1ccc(S(=O)(=O)N2CCCC2)cc1CCC(=O)NC1CC(C)(C)Oc2cc(C)ccc21. The summed E-state index contributed by atoms with van der Waals surface area (Å²) in [5.74, 6) is 1.30. The number of rotatable bonds is 7. The molecule has 1 amide bonds. The number of fused-ring (bicyclic) bond motifs is 1. The summed E-state index contributed by atoms with van der Waals surface area (Å²) in [7, 11) is -1.98. The number of aryl methyl sites for hydroxylation is 2. The lowest BCUT2D eigenvalue weighted by Gasteiger charge is -2.38. The Morgan fingerprint density at radius 2 is 1.91 bits per heavy atom. The number of amides is 1. The second-order valence-electron chi connectivity index (χ2n) is 9.81. The molecule has 0 saturated carbocycles. The molecule has 0 radical (unpaired) electrons. The molecule has 0 spiro atoms. The molecule has 34 heavy (non-hydrogen) atoms. The molecule has 1 atom stereocenters. The first kappa shape index (κ1) is 24.5. The molecule has 0 aliphatic carbocycles. The van der Waals surface area contributed by atoms with Crippen molar-refractivity contribution >= 4 is 15.9 Å². The van der Waals surface area contributed by atoms with Crippen LogP contribution in [0, 0.1) is 6.92 Å². The molecule has 2 heterocycles. The van der Waals surface area contributed by atoms with Crippen LogP contribution in [0.3, 0.4) is 0 Å². The van der Waals surface area contributed by atoms with E-state index < -0.39 is 10.0 Å². The molecule has 4 rings (SSSR count). The molecule has 1 saturated heterocycles. The largest absolute Gasteiger partial charge is 0.496 e. The zero-order chi connectivity index (χ0) is 24.5. The van der Waals surface area contributed by atoms with E-state index in [4.69, 9.17) is 9.47 Å². The van der Waals surface area contributed by atoms with E-state index in [0.29, 0.717) is 37.2 Å². The number of nitrogens with zero attached hydrogens (tertiary/aromatic N) is 1. The summed E-state index contributed by atoms with van der Waals surface area (Å²) in [4.78, 5) is 13.2. The minimum Gasteiger partial charge on any atom is -0.496 e. The monoisotopic (exact) mass is 486 g/mol. The van der Waals surface area contributed by atoms with Gasteiger partial charge in [0, 0.05) is 31.5 Å². The van der Waals surface area contributed by atoms with Crippen molar-refractivity contribution in [1.29, 1.82) is 0 Å². The molecule has 1 N–H and O–H groups in total. The van der Waals surface area contributed by atoms with E-state index >= 15 is 0 Å². The van der Waals surface area contributed by atoms with Crippen molar-refractivity contribution in [1.82, 2.24) is 9.62 Å². The van der Waals surface area contributed by atoms with Gasteiger partial charge >= 0.3 is 0 Å². The van der Waals surface area contributed by atoms with E-state index in [-0.39, 0.29) is 28.9 Å². The lowest BCUT2D eigenvalue weighted by atomic mass is 9.89. The molecule has 8 heteroatoms. The molecule has 2 aliphatic heterocycles. The van der Waals surface area contributed by atoms with Crippen LogP contribution < -0.4 is 14.8 Å². The first-order valence-corrected chi connectivity index (χ1v) is 13.3. The van der Waals surface area contributed by atoms with E-state index in [9.17, 15) is 13.2 Å². The highest BCUT2D eigenvalue weighted by Crippen LogP contribution is 2.40. The number of carbonyl (C=O) groups is 1. The van der Waals surface area contributed by atoms with Crippen molar-refractivity contribution in [2.45, 2.75) is 69.4 Å². The quantitative estimate of drug-likeness (QED) is 0.636. The van der Waals surface area contributed by atoms with Gasteiger partial charge in [0.15, 0.2) is 0 Å². The molecule has 1 unspecified atom stereocenters. The Kier molecular flexibility index (Phi) is 6.92.